The predicted octanol–water partition coefficient (Wildman–Crippen LogP) is -1.01. The summed E-state index contributed by atoms with van der Waals surface area (Å²) in [4.78, 5) is 59.1. The van der Waals surface area contributed by atoms with Gasteiger partial charge in [0.2, 0.25) is 23.6 Å². The Morgan fingerprint density at radius 2 is 1.68 bits per heavy atom. The summed E-state index contributed by atoms with van der Waals surface area (Å²) in [7, 11) is 0. The minimum Gasteiger partial charge on any atom is -0.463 e. The van der Waals surface area contributed by atoms with Crippen molar-refractivity contribution in [2.45, 2.75) is 71.0 Å². The van der Waals surface area contributed by atoms with Crippen molar-refractivity contribution in [3.05, 3.63) is 12.2 Å². The lowest BCUT2D eigenvalue weighted by Crippen LogP contribution is -2.53. The van der Waals surface area contributed by atoms with Crippen molar-refractivity contribution >= 4 is 29.6 Å². The highest BCUT2D eigenvalue weighted by atomic mass is 16.5. The van der Waals surface area contributed by atoms with E-state index in [4.69, 9.17) is 16.2 Å². The Kier molecular flexibility index (Phi) is 14.3. The standard InChI is InChI=1S/C20H35N5O6/c1-4-31-18(28)11-9-15(8-10-17(22)27)24-20(30)16(7-5-6-12-21)25-19(29)13(2)23-14(3)26/h9,11,13,15-16H,4-8,10,12,21H2,1-3H3,(H2,22,27)(H,23,26)(H,24,30)(H,25,29)/b11-9+/t13-,15-,16-/m0/s1. The minimum atomic E-state index is -0.887. The largest absolute Gasteiger partial charge is 0.463 e. The number of primary amides is 1. The molecule has 0 heterocycles. The van der Waals surface area contributed by atoms with Gasteiger partial charge in [-0.15, -0.1) is 0 Å². The van der Waals surface area contributed by atoms with Gasteiger partial charge in [-0.2, -0.15) is 0 Å². The van der Waals surface area contributed by atoms with Gasteiger partial charge in [0.05, 0.1) is 6.61 Å². The number of amides is 4. The van der Waals surface area contributed by atoms with Crippen molar-refractivity contribution in [1.82, 2.24) is 16.0 Å². The van der Waals surface area contributed by atoms with Crippen molar-refractivity contribution in [3.63, 3.8) is 0 Å². The van der Waals surface area contributed by atoms with E-state index in [9.17, 15) is 24.0 Å². The van der Waals surface area contributed by atoms with Crippen LogP contribution in [0.15, 0.2) is 12.2 Å². The highest BCUT2D eigenvalue weighted by molar-refractivity contribution is 5.91. The first-order chi connectivity index (χ1) is 14.6. The molecule has 0 aliphatic carbocycles. The molecule has 0 aromatic rings. The number of unbranched alkanes of at least 4 members (excludes halogenated alkanes) is 1. The molecule has 0 unspecified atom stereocenters. The Labute approximate surface area is 182 Å². The maximum absolute atomic E-state index is 12.8. The predicted molar refractivity (Wildman–Crippen MR) is 114 cm³/mol. The maximum atomic E-state index is 12.8. The van der Waals surface area contributed by atoms with E-state index in [1.165, 1.54) is 19.9 Å². The van der Waals surface area contributed by atoms with E-state index in [0.717, 1.165) is 6.08 Å². The molecule has 0 radical (unpaired) electrons. The van der Waals surface area contributed by atoms with Gasteiger partial charge in [0.15, 0.2) is 0 Å². The molecule has 176 valence electrons. The fourth-order valence-corrected chi connectivity index (χ4v) is 2.61. The summed E-state index contributed by atoms with van der Waals surface area (Å²) in [6.45, 7) is 5.09. The summed E-state index contributed by atoms with van der Waals surface area (Å²) in [5.74, 6) is -2.52. The first kappa shape index (κ1) is 28.1. The molecular formula is C20H35N5O6. The molecule has 0 bridgehead atoms. The zero-order valence-corrected chi connectivity index (χ0v) is 18.4. The average Bonchev–Trinajstić information content (AvgIpc) is 2.68. The van der Waals surface area contributed by atoms with Crippen LogP contribution in [0.25, 0.3) is 0 Å². The zero-order valence-electron chi connectivity index (χ0n) is 18.4. The topological polar surface area (TPSA) is 183 Å². The Morgan fingerprint density at radius 1 is 1.00 bits per heavy atom. The van der Waals surface area contributed by atoms with Crippen LogP contribution in [0.3, 0.4) is 0 Å². The van der Waals surface area contributed by atoms with Crippen LogP contribution in [0.1, 0.15) is 52.9 Å². The summed E-state index contributed by atoms with van der Waals surface area (Å²) in [6, 6.07) is -2.38. The molecule has 0 saturated heterocycles. The van der Waals surface area contributed by atoms with Gasteiger partial charge in [-0.05, 0) is 46.1 Å². The van der Waals surface area contributed by atoms with Gasteiger partial charge >= 0.3 is 5.97 Å². The second kappa shape index (κ2) is 15.8. The molecule has 3 atom stereocenters. The Hall–Kier alpha value is -2.95. The van der Waals surface area contributed by atoms with Gasteiger partial charge in [0, 0.05) is 25.5 Å². The van der Waals surface area contributed by atoms with Gasteiger partial charge in [-0.1, -0.05) is 6.08 Å². The van der Waals surface area contributed by atoms with Gasteiger partial charge in [0.25, 0.3) is 0 Å². The Balaban J connectivity index is 5.28. The third kappa shape index (κ3) is 13.8. The molecule has 0 saturated carbocycles. The van der Waals surface area contributed by atoms with Crippen LogP contribution in [0.4, 0.5) is 0 Å². The van der Waals surface area contributed by atoms with Gasteiger partial charge in [-0.3, -0.25) is 19.2 Å². The minimum absolute atomic E-state index is 0.0120. The normalized spacial score (nSPS) is 13.7. The number of ether oxygens (including phenoxy) is 1. The molecule has 31 heavy (non-hydrogen) atoms. The Morgan fingerprint density at radius 3 is 2.23 bits per heavy atom. The number of hydrogen-bond acceptors (Lipinski definition) is 7. The second-order valence-electron chi connectivity index (χ2n) is 7.00. The number of hydrogen-bond donors (Lipinski definition) is 5. The van der Waals surface area contributed by atoms with Crippen molar-refractivity contribution in [3.8, 4) is 0 Å². The lowest BCUT2D eigenvalue weighted by atomic mass is 10.1. The first-order valence-electron chi connectivity index (χ1n) is 10.3. The van der Waals surface area contributed by atoms with Crippen LogP contribution >= 0.6 is 0 Å². The number of esters is 1. The molecule has 0 aliphatic heterocycles. The van der Waals surface area contributed by atoms with Crippen LogP contribution < -0.4 is 27.4 Å². The summed E-state index contributed by atoms with van der Waals surface area (Å²) < 4.78 is 4.81. The average molecular weight is 442 g/mol. The highest BCUT2D eigenvalue weighted by Crippen LogP contribution is 2.05. The lowest BCUT2D eigenvalue weighted by molar-refractivity contribution is -0.137. The van der Waals surface area contributed by atoms with Gasteiger partial charge in [0.1, 0.15) is 12.1 Å². The molecule has 0 aromatic heterocycles. The number of carbonyl (C=O) groups excluding carboxylic acids is 5. The number of nitrogens with one attached hydrogen (secondary N) is 3. The molecule has 0 spiro atoms. The van der Waals surface area contributed by atoms with E-state index in [2.05, 4.69) is 16.0 Å². The third-order valence-corrected chi connectivity index (χ3v) is 4.17. The second-order valence-corrected chi connectivity index (χ2v) is 7.00. The zero-order chi connectivity index (χ0) is 23.8. The number of carbonyl (C=O) groups is 5. The fraction of sp³-hybridized carbons (Fsp3) is 0.650. The van der Waals surface area contributed by atoms with Crippen LogP contribution in [0.2, 0.25) is 0 Å². The highest BCUT2D eigenvalue weighted by Gasteiger charge is 2.25. The van der Waals surface area contributed by atoms with E-state index >= 15 is 0 Å². The fourth-order valence-electron chi connectivity index (χ4n) is 2.61. The molecule has 0 rings (SSSR count). The van der Waals surface area contributed by atoms with Crippen LogP contribution in [-0.2, 0) is 28.7 Å². The van der Waals surface area contributed by atoms with Crippen LogP contribution in [0.5, 0.6) is 0 Å². The summed E-state index contributed by atoms with van der Waals surface area (Å²) in [5, 5.41) is 7.79. The number of rotatable bonds is 15. The van der Waals surface area contributed by atoms with E-state index in [-0.39, 0.29) is 25.4 Å². The smallest absolute Gasteiger partial charge is 0.330 e. The molecule has 4 amide bonds. The van der Waals surface area contributed by atoms with Crippen LogP contribution in [-0.4, -0.2) is 60.9 Å². The lowest BCUT2D eigenvalue weighted by Gasteiger charge is -2.23. The quantitative estimate of drug-likeness (QED) is 0.122. The van der Waals surface area contributed by atoms with Crippen LogP contribution in [0, 0.1) is 0 Å². The maximum Gasteiger partial charge on any atom is 0.330 e. The monoisotopic (exact) mass is 441 g/mol. The molecule has 7 N–H and O–H groups in total. The first-order valence-corrected chi connectivity index (χ1v) is 10.3. The van der Waals surface area contributed by atoms with Crippen molar-refractivity contribution in [2.24, 2.45) is 11.5 Å². The number of nitrogens with two attached hydrogens (primary N) is 2. The van der Waals surface area contributed by atoms with E-state index < -0.39 is 41.8 Å². The molecule has 0 fully saturated rings. The molecule has 0 aromatic carbocycles. The molecule has 0 aliphatic rings. The SMILES string of the molecule is CCOC(=O)/C=C/[C@H](CCC(N)=O)NC(=O)[C@H](CCCCN)NC(=O)[C@H](C)NC(C)=O. The summed E-state index contributed by atoms with van der Waals surface area (Å²) in [6.07, 6.45) is 4.31. The molecule has 11 heteroatoms. The van der Waals surface area contributed by atoms with E-state index in [1.807, 2.05) is 0 Å². The molecular weight excluding hydrogens is 406 g/mol. The van der Waals surface area contributed by atoms with Gasteiger partial charge in [-0.25, -0.2) is 4.79 Å². The van der Waals surface area contributed by atoms with Crippen molar-refractivity contribution in [1.29, 1.82) is 0 Å². The summed E-state index contributed by atoms with van der Waals surface area (Å²) in [5.41, 5.74) is 10.7. The van der Waals surface area contributed by atoms with E-state index in [1.54, 1.807) is 6.92 Å². The Bertz CT molecular complexity index is 652. The van der Waals surface area contributed by atoms with Gasteiger partial charge < -0.3 is 32.2 Å². The third-order valence-electron chi connectivity index (χ3n) is 4.17. The van der Waals surface area contributed by atoms with Crippen molar-refractivity contribution in [2.75, 3.05) is 13.2 Å². The summed E-state index contributed by atoms with van der Waals surface area (Å²) >= 11 is 0. The van der Waals surface area contributed by atoms with E-state index in [0.29, 0.717) is 25.8 Å². The molecule has 11 nitrogen and oxygen atoms in total. The van der Waals surface area contributed by atoms with Crippen molar-refractivity contribution < 1.29 is 28.7 Å².